The molecule has 1 amide bonds. The highest BCUT2D eigenvalue weighted by Gasteiger charge is 2.30. The molecule has 0 aliphatic carbocycles. The van der Waals surface area contributed by atoms with Crippen molar-refractivity contribution in [3.8, 4) is 11.5 Å². The first-order valence-electron chi connectivity index (χ1n) is 12.8. The Morgan fingerprint density at radius 1 is 0.703 bits per heavy atom. The molecule has 4 heteroatoms. The van der Waals surface area contributed by atoms with Gasteiger partial charge < -0.3 is 14.4 Å². The van der Waals surface area contributed by atoms with Crippen LogP contribution in [0.1, 0.15) is 58.9 Å². The van der Waals surface area contributed by atoms with E-state index in [-0.39, 0.29) is 11.3 Å². The van der Waals surface area contributed by atoms with Crippen LogP contribution in [0.15, 0.2) is 97.1 Å². The van der Waals surface area contributed by atoms with Crippen molar-refractivity contribution in [1.82, 2.24) is 4.90 Å². The Morgan fingerprint density at radius 2 is 1.19 bits per heavy atom. The van der Waals surface area contributed by atoms with Crippen LogP contribution in [0.5, 0.6) is 11.5 Å². The molecular formula is C33H33NO3. The second kappa shape index (κ2) is 10.5. The van der Waals surface area contributed by atoms with Gasteiger partial charge >= 0.3 is 0 Å². The molecule has 0 unspecified atom stereocenters. The summed E-state index contributed by atoms with van der Waals surface area (Å²) in [7, 11) is 0. The molecule has 1 aliphatic rings. The van der Waals surface area contributed by atoms with Crippen LogP contribution in [0, 0.1) is 0 Å². The standard InChI is InChI=1S/C33H33NO3/c1-33(2,3)29-18-28(32(35)34-20-26-16-10-11-17-27(26)21-34)30(36-22-24-12-6-4-7-13-24)19-31(29)37-23-25-14-8-5-9-15-25/h4-19H,20-23H2,1-3H3. The molecular weight excluding hydrogens is 458 g/mol. The van der Waals surface area contributed by atoms with Gasteiger partial charge in [-0.3, -0.25) is 4.79 Å². The quantitative estimate of drug-likeness (QED) is 0.272. The molecule has 4 aromatic rings. The SMILES string of the molecule is CC(C)(C)c1cc(C(=O)N2Cc3ccccc3C2)c(OCc2ccccc2)cc1OCc1ccccc1. The maximum atomic E-state index is 13.9. The van der Waals surface area contributed by atoms with Gasteiger partial charge in [-0.25, -0.2) is 0 Å². The van der Waals surface area contributed by atoms with E-state index in [9.17, 15) is 4.79 Å². The van der Waals surface area contributed by atoms with Crippen molar-refractivity contribution in [2.45, 2.75) is 52.5 Å². The van der Waals surface area contributed by atoms with Crippen molar-refractivity contribution in [2.75, 3.05) is 0 Å². The molecule has 37 heavy (non-hydrogen) atoms. The number of nitrogens with zero attached hydrogens (tertiary/aromatic N) is 1. The van der Waals surface area contributed by atoms with E-state index in [1.165, 1.54) is 11.1 Å². The zero-order valence-corrected chi connectivity index (χ0v) is 21.7. The smallest absolute Gasteiger partial charge is 0.258 e. The number of rotatable bonds is 7. The number of carbonyl (C=O) groups excluding carboxylic acids is 1. The highest BCUT2D eigenvalue weighted by atomic mass is 16.5. The Balaban J connectivity index is 1.51. The molecule has 188 valence electrons. The minimum absolute atomic E-state index is 0.0284. The molecule has 0 spiro atoms. The van der Waals surface area contributed by atoms with Gasteiger partial charge in [0, 0.05) is 24.7 Å². The average Bonchev–Trinajstić information content (AvgIpc) is 3.35. The summed E-state index contributed by atoms with van der Waals surface area (Å²) in [6.07, 6.45) is 0. The summed E-state index contributed by atoms with van der Waals surface area (Å²) in [4.78, 5) is 15.8. The Hall–Kier alpha value is -4.05. The molecule has 0 fully saturated rings. The van der Waals surface area contributed by atoms with Crippen molar-refractivity contribution >= 4 is 5.91 Å². The normalized spacial score (nSPS) is 12.8. The Morgan fingerprint density at radius 3 is 1.70 bits per heavy atom. The lowest BCUT2D eigenvalue weighted by atomic mass is 9.85. The Bertz CT molecular complexity index is 1350. The predicted octanol–water partition coefficient (Wildman–Crippen LogP) is 7.30. The van der Waals surface area contributed by atoms with Crippen LogP contribution < -0.4 is 9.47 Å². The molecule has 0 N–H and O–H groups in total. The lowest BCUT2D eigenvalue weighted by molar-refractivity contribution is 0.0746. The first kappa shape index (κ1) is 24.6. The van der Waals surface area contributed by atoms with E-state index in [4.69, 9.17) is 9.47 Å². The third kappa shape index (κ3) is 5.69. The fraction of sp³-hybridized carbons (Fsp3) is 0.242. The molecule has 0 atom stereocenters. The van der Waals surface area contributed by atoms with Crippen LogP contribution in [0.25, 0.3) is 0 Å². The number of hydrogen-bond donors (Lipinski definition) is 0. The van der Waals surface area contributed by atoms with Crippen molar-refractivity contribution in [3.05, 3.63) is 130 Å². The average molecular weight is 492 g/mol. The molecule has 1 aliphatic heterocycles. The number of ether oxygens (including phenoxy) is 2. The molecule has 4 aromatic carbocycles. The molecule has 4 nitrogen and oxygen atoms in total. The van der Waals surface area contributed by atoms with Gasteiger partial charge in [-0.05, 0) is 33.7 Å². The van der Waals surface area contributed by atoms with Crippen LogP contribution in [0.2, 0.25) is 0 Å². The Kier molecular flexibility index (Phi) is 7.00. The summed E-state index contributed by atoms with van der Waals surface area (Å²) in [5.41, 5.74) is 5.84. The highest BCUT2D eigenvalue weighted by molar-refractivity contribution is 5.98. The van der Waals surface area contributed by atoms with Gasteiger partial charge in [-0.15, -0.1) is 0 Å². The van der Waals surface area contributed by atoms with E-state index in [0.29, 0.717) is 37.6 Å². The van der Waals surface area contributed by atoms with Gasteiger partial charge in [0.05, 0.1) is 5.56 Å². The van der Waals surface area contributed by atoms with Crippen molar-refractivity contribution in [1.29, 1.82) is 0 Å². The summed E-state index contributed by atoms with van der Waals surface area (Å²) < 4.78 is 12.7. The number of hydrogen-bond acceptors (Lipinski definition) is 3. The highest BCUT2D eigenvalue weighted by Crippen LogP contribution is 2.39. The topological polar surface area (TPSA) is 38.8 Å². The van der Waals surface area contributed by atoms with Crippen LogP contribution in [0.4, 0.5) is 0 Å². The Labute approximate surface area is 219 Å². The van der Waals surface area contributed by atoms with E-state index < -0.39 is 0 Å². The minimum Gasteiger partial charge on any atom is -0.488 e. The zero-order valence-electron chi connectivity index (χ0n) is 21.7. The van der Waals surface area contributed by atoms with Crippen LogP contribution in [-0.4, -0.2) is 10.8 Å². The van der Waals surface area contributed by atoms with Crippen LogP contribution >= 0.6 is 0 Å². The summed E-state index contributed by atoms with van der Waals surface area (Å²) in [6, 6.07) is 32.2. The van der Waals surface area contributed by atoms with E-state index in [1.807, 2.05) is 89.8 Å². The summed E-state index contributed by atoms with van der Waals surface area (Å²) in [5, 5.41) is 0. The molecule has 0 aromatic heterocycles. The zero-order chi connectivity index (χ0) is 25.8. The molecule has 0 saturated carbocycles. The first-order valence-corrected chi connectivity index (χ1v) is 12.8. The van der Waals surface area contributed by atoms with E-state index in [1.54, 1.807) is 0 Å². The number of fused-ring (bicyclic) bond motifs is 1. The van der Waals surface area contributed by atoms with E-state index >= 15 is 0 Å². The second-order valence-corrected chi connectivity index (χ2v) is 10.6. The molecule has 0 bridgehead atoms. The van der Waals surface area contributed by atoms with E-state index in [0.717, 1.165) is 22.4 Å². The number of carbonyl (C=O) groups is 1. The van der Waals surface area contributed by atoms with Gasteiger partial charge in [0.25, 0.3) is 5.91 Å². The third-order valence-corrected chi connectivity index (χ3v) is 6.72. The van der Waals surface area contributed by atoms with Gasteiger partial charge in [0.1, 0.15) is 24.7 Å². The summed E-state index contributed by atoms with van der Waals surface area (Å²) >= 11 is 0. The lowest BCUT2D eigenvalue weighted by Gasteiger charge is -2.26. The molecule has 0 radical (unpaired) electrons. The van der Waals surface area contributed by atoms with Crippen LogP contribution in [-0.2, 0) is 31.7 Å². The van der Waals surface area contributed by atoms with Crippen molar-refractivity contribution in [3.63, 3.8) is 0 Å². The van der Waals surface area contributed by atoms with Gasteiger partial charge in [0.2, 0.25) is 0 Å². The molecule has 1 heterocycles. The monoisotopic (exact) mass is 491 g/mol. The number of benzene rings is 4. The summed E-state index contributed by atoms with van der Waals surface area (Å²) in [6.45, 7) is 8.44. The molecule has 5 rings (SSSR count). The fourth-order valence-electron chi connectivity index (χ4n) is 4.67. The van der Waals surface area contributed by atoms with Crippen molar-refractivity contribution in [2.24, 2.45) is 0 Å². The van der Waals surface area contributed by atoms with Crippen molar-refractivity contribution < 1.29 is 14.3 Å². The second-order valence-electron chi connectivity index (χ2n) is 10.6. The van der Waals surface area contributed by atoms with Gasteiger partial charge in [-0.2, -0.15) is 0 Å². The largest absolute Gasteiger partial charge is 0.488 e. The number of amides is 1. The molecule has 0 saturated heterocycles. The van der Waals surface area contributed by atoms with Gasteiger partial charge in [0.15, 0.2) is 0 Å². The third-order valence-electron chi connectivity index (χ3n) is 6.72. The minimum atomic E-state index is -0.229. The first-order chi connectivity index (χ1) is 17.9. The lowest BCUT2D eigenvalue weighted by Crippen LogP contribution is -2.27. The fourth-order valence-corrected chi connectivity index (χ4v) is 4.67. The van der Waals surface area contributed by atoms with E-state index in [2.05, 4.69) is 32.9 Å². The maximum Gasteiger partial charge on any atom is 0.258 e. The van der Waals surface area contributed by atoms with Gasteiger partial charge in [-0.1, -0.05) is 106 Å². The van der Waals surface area contributed by atoms with Crippen LogP contribution in [0.3, 0.4) is 0 Å². The summed E-state index contributed by atoms with van der Waals surface area (Å²) in [5.74, 6) is 1.25. The maximum absolute atomic E-state index is 13.9. The predicted molar refractivity (Wildman–Crippen MR) is 147 cm³/mol.